The highest BCUT2D eigenvalue weighted by Crippen LogP contribution is 2.23. The van der Waals surface area contributed by atoms with Crippen LogP contribution in [0.2, 0.25) is 0 Å². The van der Waals surface area contributed by atoms with Crippen molar-refractivity contribution >= 4 is 11.8 Å². The Balaban J connectivity index is 2.20. The van der Waals surface area contributed by atoms with Crippen LogP contribution in [-0.4, -0.2) is 21.4 Å². The van der Waals surface area contributed by atoms with Crippen molar-refractivity contribution in [1.82, 2.24) is 4.57 Å². The van der Waals surface area contributed by atoms with Crippen LogP contribution in [-0.2, 0) is 16.8 Å². The summed E-state index contributed by atoms with van der Waals surface area (Å²) in [6, 6.07) is 9.20. The number of aliphatic carboxylic acids is 1. The van der Waals surface area contributed by atoms with E-state index in [2.05, 4.69) is 20.8 Å². The maximum absolute atomic E-state index is 12.3. The maximum atomic E-state index is 12.3. The summed E-state index contributed by atoms with van der Waals surface area (Å²) >= 11 is 0. The summed E-state index contributed by atoms with van der Waals surface area (Å²) < 4.78 is 1.49. The fraction of sp³-hybridized carbons (Fsp3) is 0.294. The molecule has 0 spiro atoms. The summed E-state index contributed by atoms with van der Waals surface area (Å²) in [6.45, 7) is 6.22. The number of nitrogens with zero attached hydrogens (tertiary/aromatic N) is 1. The SMILES string of the molecule is CC(C)(C)c1ccc(C(=O)c2ccn(CC(=O)O)c2)cc1. The van der Waals surface area contributed by atoms with E-state index in [1.807, 2.05) is 24.3 Å². The highest BCUT2D eigenvalue weighted by atomic mass is 16.4. The van der Waals surface area contributed by atoms with Gasteiger partial charge in [-0.05, 0) is 17.0 Å². The summed E-state index contributed by atoms with van der Waals surface area (Å²) in [7, 11) is 0. The molecule has 4 nitrogen and oxygen atoms in total. The van der Waals surface area contributed by atoms with Crippen molar-refractivity contribution in [2.45, 2.75) is 32.7 Å². The Morgan fingerprint density at radius 2 is 1.67 bits per heavy atom. The van der Waals surface area contributed by atoms with Crippen LogP contribution in [0.15, 0.2) is 42.7 Å². The van der Waals surface area contributed by atoms with Gasteiger partial charge in [0.15, 0.2) is 5.78 Å². The van der Waals surface area contributed by atoms with Crippen LogP contribution < -0.4 is 0 Å². The molecule has 1 N–H and O–H groups in total. The minimum atomic E-state index is -0.931. The zero-order valence-corrected chi connectivity index (χ0v) is 12.5. The van der Waals surface area contributed by atoms with Crippen molar-refractivity contribution < 1.29 is 14.7 Å². The van der Waals surface area contributed by atoms with Gasteiger partial charge in [0.2, 0.25) is 0 Å². The van der Waals surface area contributed by atoms with Gasteiger partial charge in [-0.15, -0.1) is 0 Å². The van der Waals surface area contributed by atoms with E-state index in [9.17, 15) is 9.59 Å². The molecule has 0 amide bonds. The van der Waals surface area contributed by atoms with Gasteiger partial charge in [-0.25, -0.2) is 0 Å². The Morgan fingerprint density at radius 1 is 1.05 bits per heavy atom. The van der Waals surface area contributed by atoms with Crippen molar-refractivity contribution in [2.75, 3.05) is 0 Å². The maximum Gasteiger partial charge on any atom is 0.323 e. The number of rotatable bonds is 4. The van der Waals surface area contributed by atoms with Gasteiger partial charge >= 0.3 is 5.97 Å². The van der Waals surface area contributed by atoms with Crippen LogP contribution in [0, 0.1) is 0 Å². The van der Waals surface area contributed by atoms with Crippen molar-refractivity contribution in [3.63, 3.8) is 0 Å². The van der Waals surface area contributed by atoms with Crippen molar-refractivity contribution in [1.29, 1.82) is 0 Å². The summed E-state index contributed by atoms with van der Waals surface area (Å²) in [5.41, 5.74) is 2.32. The van der Waals surface area contributed by atoms with Crippen LogP contribution >= 0.6 is 0 Å². The topological polar surface area (TPSA) is 59.3 Å². The van der Waals surface area contributed by atoms with Crippen LogP contribution in [0.25, 0.3) is 0 Å². The fourth-order valence-corrected chi connectivity index (χ4v) is 2.12. The molecule has 0 radical (unpaired) electrons. The van der Waals surface area contributed by atoms with E-state index in [0.717, 1.165) is 0 Å². The Labute approximate surface area is 124 Å². The molecule has 2 rings (SSSR count). The largest absolute Gasteiger partial charge is 0.480 e. The van der Waals surface area contributed by atoms with Crippen LogP contribution in [0.3, 0.4) is 0 Å². The predicted molar refractivity (Wildman–Crippen MR) is 80.6 cm³/mol. The number of carbonyl (C=O) groups is 2. The Hall–Kier alpha value is -2.36. The minimum absolute atomic E-state index is 0.0480. The van der Waals surface area contributed by atoms with E-state index in [-0.39, 0.29) is 17.7 Å². The molecule has 0 atom stereocenters. The number of hydrogen-bond donors (Lipinski definition) is 1. The molecule has 0 aliphatic heterocycles. The lowest BCUT2D eigenvalue weighted by molar-refractivity contribution is -0.137. The quantitative estimate of drug-likeness (QED) is 0.878. The van der Waals surface area contributed by atoms with E-state index in [0.29, 0.717) is 11.1 Å². The number of carboxylic acids is 1. The molecule has 110 valence electrons. The first-order valence-corrected chi connectivity index (χ1v) is 6.80. The number of hydrogen-bond acceptors (Lipinski definition) is 2. The fourth-order valence-electron chi connectivity index (χ4n) is 2.12. The molecular formula is C17H19NO3. The molecule has 0 saturated heterocycles. The number of ketones is 1. The molecule has 1 heterocycles. The third kappa shape index (κ3) is 3.60. The van der Waals surface area contributed by atoms with Gasteiger partial charge < -0.3 is 9.67 Å². The van der Waals surface area contributed by atoms with E-state index in [1.165, 1.54) is 10.1 Å². The van der Waals surface area contributed by atoms with Crippen molar-refractivity contribution in [3.05, 3.63) is 59.4 Å². The van der Waals surface area contributed by atoms with Crippen molar-refractivity contribution in [3.8, 4) is 0 Å². The van der Waals surface area contributed by atoms with E-state index in [1.54, 1.807) is 18.5 Å². The standard InChI is InChI=1S/C17H19NO3/c1-17(2,3)14-6-4-12(5-7-14)16(21)13-8-9-18(10-13)11-15(19)20/h4-10H,11H2,1-3H3,(H,19,20). The van der Waals surface area contributed by atoms with Crippen LogP contribution in [0.1, 0.15) is 42.3 Å². The molecule has 0 saturated carbocycles. The van der Waals surface area contributed by atoms with Crippen LogP contribution in [0.5, 0.6) is 0 Å². The smallest absolute Gasteiger partial charge is 0.323 e. The van der Waals surface area contributed by atoms with Gasteiger partial charge in [0.25, 0.3) is 0 Å². The summed E-state index contributed by atoms with van der Waals surface area (Å²) in [4.78, 5) is 23.0. The van der Waals surface area contributed by atoms with Crippen LogP contribution in [0.4, 0.5) is 0 Å². The van der Waals surface area contributed by atoms with Gasteiger partial charge in [-0.2, -0.15) is 0 Å². The highest BCUT2D eigenvalue weighted by molar-refractivity contribution is 6.08. The van der Waals surface area contributed by atoms with Gasteiger partial charge in [0.1, 0.15) is 6.54 Å². The first-order chi connectivity index (χ1) is 9.77. The molecule has 0 bridgehead atoms. The second-order valence-corrected chi connectivity index (χ2v) is 6.12. The molecular weight excluding hydrogens is 266 g/mol. The Bertz CT molecular complexity index is 660. The average Bonchev–Trinajstić information content (AvgIpc) is 2.84. The average molecular weight is 285 g/mol. The summed E-state index contributed by atoms with van der Waals surface area (Å²) in [6.07, 6.45) is 3.17. The molecule has 2 aromatic rings. The second kappa shape index (κ2) is 5.56. The summed E-state index contributed by atoms with van der Waals surface area (Å²) in [5, 5.41) is 8.73. The second-order valence-electron chi connectivity index (χ2n) is 6.12. The summed E-state index contributed by atoms with van der Waals surface area (Å²) in [5.74, 6) is -1.03. The normalized spacial score (nSPS) is 11.4. The third-order valence-corrected chi connectivity index (χ3v) is 3.34. The zero-order valence-electron chi connectivity index (χ0n) is 12.5. The molecule has 0 aliphatic carbocycles. The lowest BCUT2D eigenvalue weighted by Crippen LogP contribution is -2.11. The van der Waals surface area contributed by atoms with Gasteiger partial charge in [-0.1, -0.05) is 45.0 Å². The lowest BCUT2D eigenvalue weighted by Gasteiger charge is -2.18. The Morgan fingerprint density at radius 3 is 2.19 bits per heavy atom. The lowest BCUT2D eigenvalue weighted by atomic mass is 9.86. The molecule has 0 aliphatic rings. The first kappa shape index (κ1) is 15.0. The molecule has 1 aromatic carbocycles. The molecule has 1 aromatic heterocycles. The monoisotopic (exact) mass is 285 g/mol. The Kier molecular flexibility index (Phi) is 3.98. The van der Waals surface area contributed by atoms with E-state index >= 15 is 0 Å². The third-order valence-electron chi connectivity index (χ3n) is 3.34. The zero-order chi connectivity index (χ0) is 15.6. The number of benzene rings is 1. The number of carbonyl (C=O) groups excluding carboxylic acids is 1. The minimum Gasteiger partial charge on any atom is -0.480 e. The molecule has 0 unspecified atom stereocenters. The number of aromatic nitrogens is 1. The first-order valence-electron chi connectivity index (χ1n) is 6.80. The van der Waals surface area contributed by atoms with Gasteiger partial charge in [0, 0.05) is 23.5 Å². The van der Waals surface area contributed by atoms with Gasteiger partial charge in [0.05, 0.1) is 0 Å². The molecule has 0 fully saturated rings. The van der Waals surface area contributed by atoms with Crippen molar-refractivity contribution in [2.24, 2.45) is 0 Å². The van der Waals surface area contributed by atoms with E-state index < -0.39 is 5.97 Å². The predicted octanol–water partition coefficient (Wildman–Crippen LogP) is 3.10. The molecule has 21 heavy (non-hydrogen) atoms. The van der Waals surface area contributed by atoms with E-state index in [4.69, 9.17) is 5.11 Å². The highest BCUT2D eigenvalue weighted by Gasteiger charge is 2.15. The van der Waals surface area contributed by atoms with Gasteiger partial charge in [-0.3, -0.25) is 9.59 Å². The molecule has 4 heteroatoms. The number of carboxylic acid groups (broad SMARTS) is 1.